The number of hydrogen-bond acceptors (Lipinski definition) is 2. The number of rotatable bonds is 9. The summed E-state index contributed by atoms with van der Waals surface area (Å²) >= 11 is 0. The van der Waals surface area contributed by atoms with Gasteiger partial charge in [-0.25, -0.2) is 0 Å². The van der Waals surface area contributed by atoms with E-state index < -0.39 is 0 Å². The Balaban J connectivity index is 1.55. The summed E-state index contributed by atoms with van der Waals surface area (Å²) in [5.41, 5.74) is 3.67. The first-order chi connectivity index (χ1) is 13.3. The lowest BCUT2D eigenvalue weighted by atomic mass is 10.1. The Morgan fingerprint density at radius 3 is 1.59 bits per heavy atom. The molecule has 3 nitrogen and oxygen atoms in total. The van der Waals surface area contributed by atoms with Crippen LogP contribution < -0.4 is 5.32 Å². The molecule has 1 amide bonds. The molecule has 3 heteroatoms. The third-order valence-electron chi connectivity index (χ3n) is 4.44. The van der Waals surface area contributed by atoms with Crippen LogP contribution in [0, 0.1) is 0 Å². The summed E-state index contributed by atoms with van der Waals surface area (Å²) in [5.74, 6) is 0.0674. The fraction of sp³-hybridized carbons (Fsp3) is 0.208. The van der Waals surface area contributed by atoms with Crippen molar-refractivity contribution in [1.29, 1.82) is 0 Å². The first-order valence-corrected chi connectivity index (χ1v) is 9.40. The summed E-state index contributed by atoms with van der Waals surface area (Å²) in [7, 11) is 0. The van der Waals surface area contributed by atoms with Crippen molar-refractivity contribution in [2.24, 2.45) is 0 Å². The number of nitrogens with zero attached hydrogens (tertiary/aromatic N) is 1. The van der Waals surface area contributed by atoms with Crippen LogP contribution >= 0.6 is 0 Å². The third-order valence-corrected chi connectivity index (χ3v) is 4.44. The van der Waals surface area contributed by atoms with Crippen LogP contribution in [-0.2, 0) is 24.3 Å². The number of amides is 1. The molecular weight excluding hydrogens is 332 g/mol. The van der Waals surface area contributed by atoms with Crippen molar-refractivity contribution in [2.75, 3.05) is 13.1 Å². The lowest BCUT2D eigenvalue weighted by molar-refractivity contribution is -0.122. The molecule has 0 aliphatic carbocycles. The van der Waals surface area contributed by atoms with Gasteiger partial charge in [0.05, 0.1) is 6.54 Å². The first kappa shape index (κ1) is 18.9. The van der Waals surface area contributed by atoms with Gasteiger partial charge in [-0.3, -0.25) is 9.69 Å². The molecule has 0 spiro atoms. The van der Waals surface area contributed by atoms with Gasteiger partial charge >= 0.3 is 0 Å². The standard InChI is InChI=1S/C24H26N2O/c27-24(25-17-16-21-10-4-1-5-11-21)20-26(18-22-12-6-2-7-13-22)19-23-14-8-3-9-15-23/h1-15H,16-20H2,(H,25,27). The van der Waals surface area contributed by atoms with Gasteiger partial charge in [-0.1, -0.05) is 91.0 Å². The molecule has 3 rings (SSSR count). The maximum Gasteiger partial charge on any atom is 0.234 e. The molecule has 0 atom stereocenters. The molecular formula is C24H26N2O. The molecule has 1 N–H and O–H groups in total. The second-order valence-corrected chi connectivity index (χ2v) is 6.70. The highest BCUT2D eigenvalue weighted by atomic mass is 16.2. The van der Waals surface area contributed by atoms with Gasteiger partial charge in [-0.2, -0.15) is 0 Å². The normalized spacial score (nSPS) is 10.7. The molecule has 3 aromatic carbocycles. The van der Waals surface area contributed by atoms with Crippen molar-refractivity contribution in [3.8, 4) is 0 Å². The molecule has 0 radical (unpaired) electrons. The van der Waals surface area contributed by atoms with Gasteiger partial charge in [0.2, 0.25) is 5.91 Å². The van der Waals surface area contributed by atoms with Crippen LogP contribution in [-0.4, -0.2) is 23.9 Å². The summed E-state index contributed by atoms with van der Waals surface area (Å²) in [5, 5.41) is 3.05. The van der Waals surface area contributed by atoms with Crippen molar-refractivity contribution in [3.05, 3.63) is 108 Å². The molecule has 3 aromatic rings. The summed E-state index contributed by atoms with van der Waals surface area (Å²) in [6, 6.07) is 30.8. The minimum Gasteiger partial charge on any atom is -0.355 e. The molecule has 0 aliphatic rings. The predicted octanol–water partition coefficient (Wildman–Crippen LogP) is 4.05. The Morgan fingerprint density at radius 1 is 0.667 bits per heavy atom. The van der Waals surface area contributed by atoms with Crippen LogP contribution in [0.3, 0.4) is 0 Å². The Hall–Kier alpha value is -2.91. The zero-order valence-electron chi connectivity index (χ0n) is 15.6. The summed E-state index contributed by atoms with van der Waals surface area (Å²) in [6.45, 7) is 2.55. The van der Waals surface area contributed by atoms with Gasteiger partial charge in [0.25, 0.3) is 0 Å². The van der Waals surface area contributed by atoms with E-state index in [4.69, 9.17) is 0 Å². The molecule has 0 saturated carbocycles. The Morgan fingerprint density at radius 2 is 1.11 bits per heavy atom. The van der Waals surface area contributed by atoms with E-state index in [-0.39, 0.29) is 5.91 Å². The summed E-state index contributed by atoms with van der Waals surface area (Å²) in [6.07, 6.45) is 0.851. The number of carbonyl (C=O) groups is 1. The van der Waals surface area contributed by atoms with Gasteiger partial charge < -0.3 is 5.32 Å². The number of carbonyl (C=O) groups excluding carboxylic acids is 1. The Kier molecular flexibility index (Phi) is 7.19. The maximum absolute atomic E-state index is 12.5. The fourth-order valence-electron chi connectivity index (χ4n) is 3.10. The SMILES string of the molecule is O=C(CN(Cc1ccccc1)Cc1ccccc1)NCCc1ccccc1. The maximum atomic E-state index is 12.5. The molecule has 0 bridgehead atoms. The van der Waals surface area contributed by atoms with E-state index in [2.05, 4.69) is 46.6 Å². The molecule has 0 unspecified atom stereocenters. The molecule has 0 aliphatic heterocycles. The van der Waals surface area contributed by atoms with Crippen LogP contribution in [0.1, 0.15) is 16.7 Å². The van der Waals surface area contributed by atoms with Crippen molar-refractivity contribution >= 4 is 5.91 Å². The quantitative estimate of drug-likeness (QED) is 0.626. The van der Waals surface area contributed by atoms with Gasteiger partial charge in [0.15, 0.2) is 0 Å². The van der Waals surface area contributed by atoms with Gasteiger partial charge in [-0.05, 0) is 23.1 Å². The van der Waals surface area contributed by atoms with Crippen molar-refractivity contribution < 1.29 is 4.79 Å². The minimum atomic E-state index is 0.0674. The van der Waals surface area contributed by atoms with E-state index in [9.17, 15) is 4.79 Å². The van der Waals surface area contributed by atoms with E-state index in [1.54, 1.807) is 0 Å². The third kappa shape index (κ3) is 6.72. The second-order valence-electron chi connectivity index (χ2n) is 6.70. The average molecular weight is 358 g/mol. The number of benzene rings is 3. The highest BCUT2D eigenvalue weighted by Crippen LogP contribution is 2.09. The van der Waals surface area contributed by atoms with Gasteiger partial charge in [0, 0.05) is 19.6 Å². The van der Waals surface area contributed by atoms with E-state index in [1.807, 2.05) is 54.6 Å². The van der Waals surface area contributed by atoms with Crippen LogP contribution in [0.2, 0.25) is 0 Å². The summed E-state index contributed by atoms with van der Waals surface area (Å²) in [4.78, 5) is 14.7. The second kappa shape index (κ2) is 10.3. The first-order valence-electron chi connectivity index (χ1n) is 9.40. The van der Waals surface area contributed by atoms with Crippen LogP contribution in [0.25, 0.3) is 0 Å². The molecule has 27 heavy (non-hydrogen) atoms. The fourth-order valence-corrected chi connectivity index (χ4v) is 3.10. The van der Waals surface area contributed by atoms with E-state index >= 15 is 0 Å². The monoisotopic (exact) mass is 358 g/mol. The van der Waals surface area contributed by atoms with E-state index in [0.717, 1.165) is 19.5 Å². The smallest absolute Gasteiger partial charge is 0.234 e. The zero-order chi connectivity index (χ0) is 18.7. The molecule has 0 heterocycles. The van der Waals surface area contributed by atoms with E-state index in [1.165, 1.54) is 16.7 Å². The topological polar surface area (TPSA) is 32.3 Å². The van der Waals surface area contributed by atoms with Crippen molar-refractivity contribution in [2.45, 2.75) is 19.5 Å². The van der Waals surface area contributed by atoms with E-state index in [0.29, 0.717) is 13.1 Å². The Bertz CT molecular complexity index is 762. The van der Waals surface area contributed by atoms with Gasteiger partial charge in [-0.15, -0.1) is 0 Å². The zero-order valence-corrected chi connectivity index (χ0v) is 15.6. The Labute approximate surface area is 161 Å². The van der Waals surface area contributed by atoms with Crippen molar-refractivity contribution in [3.63, 3.8) is 0 Å². The molecule has 0 aromatic heterocycles. The number of hydrogen-bond donors (Lipinski definition) is 1. The summed E-state index contributed by atoms with van der Waals surface area (Å²) < 4.78 is 0. The van der Waals surface area contributed by atoms with Crippen LogP contribution in [0.4, 0.5) is 0 Å². The molecule has 138 valence electrons. The highest BCUT2D eigenvalue weighted by molar-refractivity contribution is 5.78. The molecule has 0 fully saturated rings. The average Bonchev–Trinajstić information content (AvgIpc) is 2.70. The lowest BCUT2D eigenvalue weighted by Crippen LogP contribution is -2.37. The lowest BCUT2D eigenvalue weighted by Gasteiger charge is -2.22. The predicted molar refractivity (Wildman–Crippen MR) is 110 cm³/mol. The van der Waals surface area contributed by atoms with Crippen LogP contribution in [0.15, 0.2) is 91.0 Å². The molecule has 0 saturated heterocycles. The minimum absolute atomic E-state index is 0.0674. The van der Waals surface area contributed by atoms with Crippen molar-refractivity contribution in [1.82, 2.24) is 10.2 Å². The van der Waals surface area contributed by atoms with Crippen LogP contribution in [0.5, 0.6) is 0 Å². The number of nitrogens with one attached hydrogen (secondary N) is 1. The van der Waals surface area contributed by atoms with Gasteiger partial charge in [0.1, 0.15) is 0 Å². The largest absolute Gasteiger partial charge is 0.355 e. The highest BCUT2D eigenvalue weighted by Gasteiger charge is 2.12.